The SMILES string of the molecule is CCc1ccc([C@@H](C)NC(=O)NC2CCN(CC(=O)NC)CC2)cc1. The molecule has 0 spiro atoms. The summed E-state index contributed by atoms with van der Waals surface area (Å²) in [6.45, 7) is 6.20. The second kappa shape index (κ2) is 9.42. The molecule has 0 unspecified atom stereocenters. The lowest BCUT2D eigenvalue weighted by atomic mass is 10.0. The number of likely N-dealkylation sites (N-methyl/N-ethyl adjacent to an activating group) is 1. The first-order chi connectivity index (χ1) is 12.0. The predicted octanol–water partition coefficient (Wildman–Crippen LogP) is 1.82. The van der Waals surface area contributed by atoms with E-state index in [0.717, 1.165) is 37.9 Å². The number of amides is 3. The number of benzene rings is 1. The summed E-state index contributed by atoms with van der Waals surface area (Å²) in [6.07, 6.45) is 2.75. The van der Waals surface area contributed by atoms with E-state index in [0.29, 0.717) is 6.54 Å². The van der Waals surface area contributed by atoms with Crippen LogP contribution in [0.3, 0.4) is 0 Å². The van der Waals surface area contributed by atoms with Gasteiger partial charge < -0.3 is 16.0 Å². The van der Waals surface area contributed by atoms with Crippen LogP contribution in [0.1, 0.15) is 43.9 Å². The van der Waals surface area contributed by atoms with Crippen LogP contribution in [0.2, 0.25) is 0 Å². The number of hydrogen-bond acceptors (Lipinski definition) is 3. The highest BCUT2D eigenvalue weighted by molar-refractivity contribution is 5.77. The molecular formula is C19H30N4O2. The van der Waals surface area contributed by atoms with Crippen LogP contribution in [0.4, 0.5) is 4.79 Å². The minimum atomic E-state index is -0.128. The Labute approximate surface area is 150 Å². The molecule has 0 bridgehead atoms. The minimum absolute atomic E-state index is 0.0285. The molecule has 6 nitrogen and oxygen atoms in total. The molecule has 1 atom stereocenters. The van der Waals surface area contributed by atoms with Gasteiger partial charge in [0.05, 0.1) is 12.6 Å². The maximum Gasteiger partial charge on any atom is 0.315 e. The number of rotatable bonds is 6. The average Bonchev–Trinajstić information content (AvgIpc) is 2.63. The smallest absolute Gasteiger partial charge is 0.315 e. The Bertz CT molecular complexity index is 565. The highest BCUT2D eigenvalue weighted by Crippen LogP contribution is 2.14. The minimum Gasteiger partial charge on any atom is -0.358 e. The Morgan fingerprint density at radius 2 is 1.84 bits per heavy atom. The molecule has 0 saturated carbocycles. The molecule has 138 valence electrons. The number of likely N-dealkylation sites (tertiary alicyclic amines) is 1. The largest absolute Gasteiger partial charge is 0.358 e. The van der Waals surface area contributed by atoms with Crippen LogP contribution in [0, 0.1) is 0 Å². The van der Waals surface area contributed by atoms with Gasteiger partial charge in [-0.25, -0.2) is 4.79 Å². The van der Waals surface area contributed by atoms with Gasteiger partial charge >= 0.3 is 6.03 Å². The third-order valence-electron chi connectivity index (χ3n) is 4.80. The summed E-state index contributed by atoms with van der Waals surface area (Å²) in [7, 11) is 1.65. The molecule has 1 aliphatic rings. The molecule has 3 N–H and O–H groups in total. The van der Waals surface area contributed by atoms with E-state index in [2.05, 4.69) is 52.0 Å². The van der Waals surface area contributed by atoms with Crippen molar-refractivity contribution in [2.45, 2.75) is 45.2 Å². The van der Waals surface area contributed by atoms with Crippen molar-refractivity contribution in [3.63, 3.8) is 0 Å². The normalized spacial score (nSPS) is 16.9. The molecule has 1 fully saturated rings. The fraction of sp³-hybridized carbons (Fsp3) is 0.579. The zero-order valence-electron chi connectivity index (χ0n) is 15.5. The van der Waals surface area contributed by atoms with Gasteiger partial charge in [0.15, 0.2) is 0 Å². The van der Waals surface area contributed by atoms with Crippen molar-refractivity contribution in [2.24, 2.45) is 0 Å². The van der Waals surface area contributed by atoms with Crippen molar-refractivity contribution in [1.82, 2.24) is 20.9 Å². The van der Waals surface area contributed by atoms with Crippen LogP contribution >= 0.6 is 0 Å². The van der Waals surface area contributed by atoms with Gasteiger partial charge in [0, 0.05) is 26.2 Å². The van der Waals surface area contributed by atoms with Gasteiger partial charge in [-0.1, -0.05) is 31.2 Å². The van der Waals surface area contributed by atoms with Crippen molar-refractivity contribution in [3.05, 3.63) is 35.4 Å². The second-order valence-corrected chi connectivity index (χ2v) is 6.66. The van der Waals surface area contributed by atoms with Gasteiger partial charge in [0.2, 0.25) is 5.91 Å². The van der Waals surface area contributed by atoms with Crippen molar-refractivity contribution in [3.8, 4) is 0 Å². The molecule has 6 heteroatoms. The van der Waals surface area contributed by atoms with E-state index < -0.39 is 0 Å². The number of nitrogens with zero attached hydrogens (tertiary/aromatic N) is 1. The Morgan fingerprint density at radius 1 is 1.20 bits per heavy atom. The maximum absolute atomic E-state index is 12.2. The van der Waals surface area contributed by atoms with Crippen molar-refractivity contribution in [1.29, 1.82) is 0 Å². The predicted molar refractivity (Wildman–Crippen MR) is 99.4 cm³/mol. The zero-order chi connectivity index (χ0) is 18.2. The highest BCUT2D eigenvalue weighted by atomic mass is 16.2. The molecule has 1 heterocycles. The van der Waals surface area contributed by atoms with Crippen molar-refractivity contribution >= 4 is 11.9 Å². The van der Waals surface area contributed by atoms with Gasteiger partial charge in [0.25, 0.3) is 0 Å². The Balaban J connectivity index is 1.74. The first-order valence-corrected chi connectivity index (χ1v) is 9.10. The summed E-state index contributed by atoms with van der Waals surface area (Å²) in [4.78, 5) is 25.7. The summed E-state index contributed by atoms with van der Waals surface area (Å²) in [5.74, 6) is 0.0343. The number of nitrogens with one attached hydrogen (secondary N) is 3. The summed E-state index contributed by atoms with van der Waals surface area (Å²) < 4.78 is 0. The summed E-state index contributed by atoms with van der Waals surface area (Å²) >= 11 is 0. The van der Waals surface area contributed by atoms with Crippen LogP contribution in [-0.4, -0.2) is 49.6 Å². The lowest BCUT2D eigenvalue weighted by molar-refractivity contribution is -0.122. The van der Waals surface area contributed by atoms with Crippen LogP contribution in [-0.2, 0) is 11.2 Å². The fourth-order valence-corrected chi connectivity index (χ4v) is 3.07. The fourth-order valence-electron chi connectivity index (χ4n) is 3.07. The lowest BCUT2D eigenvalue weighted by Crippen LogP contribution is -2.49. The summed E-state index contributed by atoms with van der Waals surface area (Å²) in [5.41, 5.74) is 2.40. The van der Waals surface area contributed by atoms with E-state index in [-0.39, 0.29) is 24.0 Å². The van der Waals surface area contributed by atoms with Crippen molar-refractivity contribution < 1.29 is 9.59 Å². The molecule has 1 aromatic carbocycles. The molecule has 0 aliphatic carbocycles. The maximum atomic E-state index is 12.2. The molecular weight excluding hydrogens is 316 g/mol. The van der Waals surface area contributed by atoms with Crippen LogP contribution in [0.5, 0.6) is 0 Å². The van der Waals surface area contributed by atoms with Gasteiger partial charge in [-0.05, 0) is 37.3 Å². The van der Waals surface area contributed by atoms with Gasteiger partial charge in [-0.3, -0.25) is 9.69 Å². The molecule has 1 aromatic rings. The van der Waals surface area contributed by atoms with Gasteiger partial charge in [-0.15, -0.1) is 0 Å². The first-order valence-electron chi connectivity index (χ1n) is 9.10. The summed E-state index contributed by atoms with van der Waals surface area (Å²) in [6, 6.07) is 8.36. The third kappa shape index (κ3) is 6.05. The topological polar surface area (TPSA) is 73.5 Å². The van der Waals surface area contributed by atoms with Crippen molar-refractivity contribution in [2.75, 3.05) is 26.7 Å². The molecule has 1 aliphatic heterocycles. The van der Waals surface area contributed by atoms with Crippen LogP contribution in [0.15, 0.2) is 24.3 Å². The zero-order valence-corrected chi connectivity index (χ0v) is 15.5. The molecule has 0 radical (unpaired) electrons. The van der Waals surface area contributed by atoms with Crippen LogP contribution < -0.4 is 16.0 Å². The lowest BCUT2D eigenvalue weighted by Gasteiger charge is -2.32. The number of aryl methyl sites for hydroxylation is 1. The quantitative estimate of drug-likeness (QED) is 0.736. The van der Waals surface area contributed by atoms with Crippen LogP contribution in [0.25, 0.3) is 0 Å². The van der Waals surface area contributed by atoms with E-state index in [4.69, 9.17) is 0 Å². The number of carbonyl (C=O) groups excluding carboxylic acids is 2. The molecule has 3 amide bonds. The molecule has 0 aromatic heterocycles. The Morgan fingerprint density at radius 3 is 2.40 bits per heavy atom. The van der Waals surface area contributed by atoms with E-state index in [1.54, 1.807) is 7.05 Å². The van der Waals surface area contributed by atoms with E-state index in [9.17, 15) is 9.59 Å². The molecule has 1 saturated heterocycles. The first kappa shape index (κ1) is 19.2. The third-order valence-corrected chi connectivity index (χ3v) is 4.80. The van der Waals surface area contributed by atoms with Gasteiger partial charge in [-0.2, -0.15) is 0 Å². The highest BCUT2D eigenvalue weighted by Gasteiger charge is 2.22. The Kier molecular flexibility index (Phi) is 7.25. The Hall–Kier alpha value is -2.08. The monoisotopic (exact) mass is 346 g/mol. The van der Waals surface area contributed by atoms with E-state index in [1.807, 2.05) is 6.92 Å². The molecule has 2 rings (SSSR count). The summed E-state index contributed by atoms with van der Waals surface area (Å²) in [5, 5.41) is 8.70. The number of carbonyl (C=O) groups is 2. The second-order valence-electron chi connectivity index (χ2n) is 6.66. The number of piperidine rings is 1. The average molecular weight is 346 g/mol. The van der Waals surface area contributed by atoms with Gasteiger partial charge in [0.1, 0.15) is 0 Å². The number of hydrogen-bond donors (Lipinski definition) is 3. The standard InChI is InChI=1S/C19H30N4O2/c1-4-15-5-7-16(8-6-15)14(2)21-19(25)22-17-9-11-23(12-10-17)13-18(24)20-3/h5-8,14,17H,4,9-13H2,1-3H3,(H,20,24)(H2,21,22,25)/t14-/m1/s1. The molecule has 25 heavy (non-hydrogen) atoms. The van der Waals surface area contributed by atoms with E-state index >= 15 is 0 Å². The van der Waals surface area contributed by atoms with E-state index in [1.165, 1.54) is 5.56 Å². The number of urea groups is 1.